The van der Waals surface area contributed by atoms with E-state index in [-0.39, 0.29) is 29.7 Å². The summed E-state index contributed by atoms with van der Waals surface area (Å²) in [5.41, 5.74) is 1.10. The molecule has 3 aliphatic rings. The number of aliphatic carboxylic acids is 1. The van der Waals surface area contributed by atoms with Gasteiger partial charge in [-0.15, -0.1) is 0 Å². The number of carbonyl (C=O) groups excluding carboxylic acids is 1. The Morgan fingerprint density at radius 1 is 1.23 bits per heavy atom. The van der Waals surface area contributed by atoms with Crippen molar-refractivity contribution in [1.29, 1.82) is 0 Å². The maximum absolute atomic E-state index is 12.5. The molecule has 5 nitrogen and oxygen atoms in total. The molecule has 0 spiro atoms. The summed E-state index contributed by atoms with van der Waals surface area (Å²) in [6, 6.07) is 3.72. The first-order valence-electron chi connectivity index (χ1n) is 8.08. The number of rotatable bonds is 4. The number of nitrogens with zero attached hydrogens (tertiary/aromatic N) is 1. The summed E-state index contributed by atoms with van der Waals surface area (Å²) in [7, 11) is 0. The summed E-state index contributed by atoms with van der Waals surface area (Å²) < 4.78 is 0. The summed E-state index contributed by atoms with van der Waals surface area (Å²) in [6.07, 6.45) is 7.39. The van der Waals surface area contributed by atoms with Gasteiger partial charge in [0.2, 0.25) is 5.91 Å². The molecule has 1 amide bonds. The first kappa shape index (κ1) is 13.7. The van der Waals surface area contributed by atoms with Crippen LogP contribution >= 0.6 is 0 Å². The first-order valence-corrected chi connectivity index (χ1v) is 8.08. The number of aromatic nitrogens is 1. The smallest absolute Gasteiger partial charge is 0.308 e. The Morgan fingerprint density at radius 3 is 2.77 bits per heavy atom. The average molecular weight is 300 g/mol. The van der Waals surface area contributed by atoms with Crippen LogP contribution in [0.5, 0.6) is 0 Å². The molecule has 0 saturated heterocycles. The molecule has 22 heavy (non-hydrogen) atoms. The molecule has 0 unspecified atom stereocenters. The van der Waals surface area contributed by atoms with Crippen molar-refractivity contribution in [3.05, 3.63) is 30.1 Å². The normalized spacial score (nSPS) is 38.7. The van der Waals surface area contributed by atoms with Crippen molar-refractivity contribution in [2.75, 3.05) is 0 Å². The molecule has 2 bridgehead atoms. The second kappa shape index (κ2) is 5.07. The lowest BCUT2D eigenvalue weighted by molar-refractivity contribution is -0.144. The van der Waals surface area contributed by atoms with Crippen molar-refractivity contribution in [3.8, 4) is 0 Å². The zero-order valence-corrected chi connectivity index (χ0v) is 12.3. The van der Waals surface area contributed by atoms with E-state index in [0.717, 1.165) is 31.2 Å². The minimum absolute atomic E-state index is 0.0160. The molecule has 1 heterocycles. The number of hydrogen-bond donors (Lipinski definition) is 2. The highest BCUT2D eigenvalue weighted by atomic mass is 16.4. The van der Waals surface area contributed by atoms with Crippen LogP contribution in [0.1, 0.15) is 37.2 Å². The zero-order valence-electron chi connectivity index (χ0n) is 12.3. The lowest BCUT2D eigenvalue weighted by Gasteiger charge is -2.29. The first-order chi connectivity index (χ1) is 10.6. The summed E-state index contributed by atoms with van der Waals surface area (Å²) in [5, 5.41) is 12.5. The predicted molar refractivity (Wildman–Crippen MR) is 79.0 cm³/mol. The quantitative estimate of drug-likeness (QED) is 0.888. The molecule has 5 heteroatoms. The Kier molecular flexibility index (Phi) is 3.17. The van der Waals surface area contributed by atoms with Gasteiger partial charge >= 0.3 is 5.97 Å². The fraction of sp³-hybridized carbons (Fsp3) is 0.588. The molecule has 3 fully saturated rings. The Morgan fingerprint density at radius 2 is 2.05 bits per heavy atom. The Bertz CT molecular complexity index is 603. The minimum atomic E-state index is -0.753. The highest BCUT2D eigenvalue weighted by Crippen LogP contribution is 2.50. The second-order valence-electron chi connectivity index (χ2n) is 6.97. The van der Waals surface area contributed by atoms with Crippen LogP contribution in [0.25, 0.3) is 0 Å². The molecule has 4 rings (SSSR count). The third-order valence-corrected chi connectivity index (χ3v) is 5.75. The molecule has 3 saturated carbocycles. The average Bonchev–Trinajstić information content (AvgIpc) is 3.08. The van der Waals surface area contributed by atoms with Crippen molar-refractivity contribution in [1.82, 2.24) is 10.3 Å². The van der Waals surface area contributed by atoms with Gasteiger partial charge < -0.3 is 10.4 Å². The number of amides is 1. The van der Waals surface area contributed by atoms with Crippen LogP contribution in [0.2, 0.25) is 0 Å². The molecule has 6 atom stereocenters. The van der Waals surface area contributed by atoms with Crippen molar-refractivity contribution in [3.63, 3.8) is 0 Å². The number of hydrogen-bond acceptors (Lipinski definition) is 3. The van der Waals surface area contributed by atoms with E-state index in [1.54, 1.807) is 6.20 Å². The minimum Gasteiger partial charge on any atom is -0.481 e. The largest absolute Gasteiger partial charge is 0.481 e. The number of carbonyl (C=O) groups is 2. The van der Waals surface area contributed by atoms with Gasteiger partial charge in [0.05, 0.1) is 5.92 Å². The van der Waals surface area contributed by atoms with E-state index in [2.05, 4.69) is 10.3 Å². The van der Waals surface area contributed by atoms with Crippen LogP contribution in [0, 0.1) is 23.7 Å². The molecular weight excluding hydrogens is 280 g/mol. The van der Waals surface area contributed by atoms with E-state index in [1.165, 1.54) is 0 Å². The predicted octanol–water partition coefficient (Wildman–Crippen LogP) is 1.80. The van der Waals surface area contributed by atoms with Gasteiger partial charge in [-0.05, 0) is 55.1 Å². The van der Waals surface area contributed by atoms with Crippen molar-refractivity contribution in [2.45, 2.75) is 37.6 Å². The summed E-state index contributed by atoms with van der Waals surface area (Å²) in [4.78, 5) is 28.1. The van der Waals surface area contributed by atoms with Gasteiger partial charge in [0.15, 0.2) is 0 Å². The SMILES string of the molecule is O=C(O)[C@H]1[C@@H]2CC[C@@H](C2)[C@H]1NC(=O)[C@@H]1C[C@H]1c1cccnc1. The van der Waals surface area contributed by atoms with Gasteiger partial charge in [-0.25, -0.2) is 0 Å². The van der Waals surface area contributed by atoms with Crippen LogP contribution in [-0.4, -0.2) is 28.0 Å². The number of nitrogens with one attached hydrogen (secondary N) is 1. The van der Waals surface area contributed by atoms with Gasteiger partial charge in [0.25, 0.3) is 0 Å². The third-order valence-electron chi connectivity index (χ3n) is 5.75. The van der Waals surface area contributed by atoms with E-state index in [1.807, 2.05) is 18.3 Å². The standard InChI is InChI=1S/C17H20N2O3/c20-16(13-7-12(13)11-2-1-5-18-8-11)19-15-10-4-3-9(6-10)14(15)17(21)22/h1-2,5,8-10,12-15H,3-4,6-7H2,(H,19,20)(H,21,22)/t9-,10+,12+,13-,14+,15-/m1/s1. The molecule has 116 valence electrons. The lowest BCUT2D eigenvalue weighted by atomic mass is 9.84. The van der Waals surface area contributed by atoms with Gasteiger partial charge in [0, 0.05) is 24.4 Å². The Hall–Kier alpha value is -1.91. The molecule has 0 aromatic carbocycles. The van der Waals surface area contributed by atoms with Crippen molar-refractivity contribution >= 4 is 11.9 Å². The monoisotopic (exact) mass is 300 g/mol. The van der Waals surface area contributed by atoms with Crippen molar-refractivity contribution < 1.29 is 14.7 Å². The fourth-order valence-electron chi connectivity index (χ4n) is 4.57. The highest BCUT2D eigenvalue weighted by molar-refractivity contribution is 5.84. The van der Waals surface area contributed by atoms with Crippen LogP contribution in [-0.2, 0) is 9.59 Å². The summed E-state index contributed by atoms with van der Waals surface area (Å²) in [6.45, 7) is 0. The van der Waals surface area contributed by atoms with Crippen LogP contribution in [0.3, 0.4) is 0 Å². The van der Waals surface area contributed by atoms with Crippen molar-refractivity contribution in [2.24, 2.45) is 23.7 Å². The maximum atomic E-state index is 12.5. The number of fused-ring (bicyclic) bond motifs is 2. The Labute approximate surface area is 129 Å². The van der Waals surface area contributed by atoms with E-state index in [9.17, 15) is 14.7 Å². The second-order valence-corrected chi connectivity index (χ2v) is 6.97. The van der Waals surface area contributed by atoms with E-state index >= 15 is 0 Å². The molecule has 1 aromatic rings. The van der Waals surface area contributed by atoms with E-state index in [0.29, 0.717) is 5.92 Å². The van der Waals surface area contributed by atoms with Crippen LogP contribution < -0.4 is 5.32 Å². The molecule has 2 N–H and O–H groups in total. The highest BCUT2D eigenvalue weighted by Gasteiger charge is 2.53. The number of carboxylic acids is 1. The maximum Gasteiger partial charge on any atom is 0.308 e. The number of pyridine rings is 1. The fourth-order valence-corrected chi connectivity index (χ4v) is 4.57. The summed E-state index contributed by atoms with van der Waals surface area (Å²) in [5.74, 6) is -0.284. The third kappa shape index (κ3) is 2.19. The molecule has 0 radical (unpaired) electrons. The van der Waals surface area contributed by atoms with Gasteiger partial charge in [0.1, 0.15) is 0 Å². The van der Waals surface area contributed by atoms with Crippen LogP contribution in [0.4, 0.5) is 0 Å². The summed E-state index contributed by atoms with van der Waals surface area (Å²) >= 11 is 0. The number of carboxylic acid groups (broad SMARTS) is 1. The lowest BCUT2D eigenvalue weighted by Crippen LogP contribution is -2.47. The molecule has 1 aromatic heterocycles. The van der Waals surface area contributed by atoms with Gasteiger partial charge in [-0.1, -0.05) is 6.07 Å². The van der Waals surface area contributed by atoms with E-state index < -0.39 is 11.9 Å². The van der Waals surface area contributed by atoms with E-state index in [4.69, 9.17) is 0 Å². The topological polar surface area (TPSA) is 79.3 Å². The van der Waals surface area contributed by atoms with Gasteiger partial charge in [-0.2, -0.15) is 0 Å². The zero-order chi connectivity index (χ0) is 15.3. The molecule has 0 aliphatic heterocycles. The molecule has 3 aliphatic carbocycles. The van der Waals surface area contributed by atoms with Gasteiger partial charge in [-0.3, -0.25) is 14.6 Å². The van der Waals surface area contributed by atoms with Crippen LogP contribution in [0.15, 0.2) is 24.5 Å². The molecular formula is C17H20N2O3. The Balaban J connectivity index is 1.42.